The number of rotatable bonds is 7. The number of hydrogen-bond donors (Lipinski definition) is 2. The molecule has 8 heteroatoms. The molecule has 1 atom stereocenters. The van der Waals surface area contributed by atoms with Crippen LogP contribution in [0.5, 0.6) is 0 Å². The number of nitriles is 1. The van der Waals surface area contributed by atoms with Gasteiger partial charge in [-0.15, -0.1) is 11.3 Å². The van der Waals surface area contributed by atoms with Gasteiger partial charge in [-0.25, -0.2) is 0 Å². The maximum atomic E-state index is 12.0. The van der Waals surface area contributed by atoms with E-state index < -0.39 is 30.1 Å². The highest BCUT2D eigenvalue weighted by Gasteiger charge is 2.35. The van der Waals surface area contributed by atoms with E-state index in [-0.39, 0.29) is 12.3 Å². The topological polar surface area (TPSA) is 108 Å². The van der Waals surface area contributed by atoms with Gasteiger partial charge >= 0.3 is 5.97 Å². The number of carbonyl (C=O) groups excluding carboxylic acids is 3. The highest BCUT2D eigenvalue weighted by atomic mass is 32.1. The van der Waals surface area contributed by atoms with Gasteiger partial charge in [0, 0.05) is 11.8 Å². The van der Waals surface area contributed by atoms with Crippen molar-refractivity contribution in [1.82, 2.24) is 10.6 Å². The van der Waals surface area contributed by atoms with Gasteiger partial charge in [-0.05, 0) is 37.1 Å². The molecule has 0 aromatic carbocycles. The van der Waals surface area contributed by atoms with Crippen LogP contribution in [-0.4, -0.2) is 29.9 Å². The first-order valence-electron chi connectivity index (χ1n) is 8.12. The minimum Gasteiger partial charge on any atom is -0.456 e. The van der Waals surface area contributed by atoms with E-state index in [1.165, 1.54) is 18.3 Å². The van der Waals surface area contributed by atoms with Crippen molar-refractivity contribution in [3.05, 3.63) is 22.4 Å². The molecule has 1 aliphatic carbocycles. The third kappa shape index (κ3) is 5.57. The van der Waals surface area contributed by atoms with E-state index in [2.05, 4.69) is 16.7 Å². The van der Waals surface area contributed by atoms with Crippen LogP contribution in [0.15, 0.2) is 17.5 Å². The third-order valence-electron chi connectivity index (χ3n) is 4.05. The number of nitrogens with zero attached hydrogens (tertiary/aromatic N) is 1. The lowest BCUT2D eigenvalue weighted by molar-refractivity contribution is -0.149. The lowest BCUT2D eigenvalue weighted by Gasteiger charge is -2.22. The summed E-state index contributed by atoms with van der Waals surface area (Å²) in [5.41, 5.74) is -0.834. The zero-order valence-corrected chi connectivity index (χ0v) is 14.9. The van der Waals surface area contributed by atoms with Gasteiger partial charge in [-0.2, -0.15) is 5.26 Å². The largest absolute Gasteiger partial charge is 0.456 e. The molecule has 2 N–H and O–H groups in total. The van der Waals surface area contributed by atoms with Gasteiger partial charge in [0.05, 0.1) is 18.5 Å². The molecule has 1 aromatic heterocycles. The van der Waals surface area contributed by atoms with Crippen molar-refractivity contribution in [2.45, 2.75) is 50.6 Å². The van der Waals surface area contributed by atoms with E-state index in [1.54, 1.807) is 0 Å². The number of thiophene rings is 1. The van der Waals surface area contributed by atoms with Crippen LogP contribution in [0.25, 0.3) is 0 Å². The number of carbonyl (C=O) groups is 3. The average Bonchev–Trinajstić information content (AvgIpc) is 3.24. The Labute approximate surface area is 150 Å². The fourth-order valence-electron chi connectivity index (χ4n) is 2.88. The third-order valence-corrected chi connectivity index (χ3v) is 5.03. The summed E-state index contributed by atoms with van der Waals surface area (Å²) in [6, 6.07) is 5.32. The summed E-state index contributed by atoms with van der Waals surface area (Å²) < 4.78 is 5.01. The van der Waals surface area contributed by atoms with E-state index in [1.807, 2.05) is 17.5 Å². The van der Waals surface area contributed by atoms with Crippen LogP contribution in [0.1, 0.15) is 49.9 Å². The van der Waals surface area contributed by atoms with Crippen LogP contribution in [0.3, 0.4) is 0 Å². The number of amides is 2. The smallest absolute Gasteiger partial charge is 0.308 e. The molecule has 0 saturated heterocycles. The number of ether oxygens (including phenoxy) is 1. The van der Waals surface area contributed by atoms with E-state index >= 15 is 0 Å². The van der Waals surface area contributed by atoms with Gasteiger partial charge in [0.2, 0.25) is 5.91 Å². The molecule has 1 unspecified atom stereocenters. The second-order valence-corrected chi connectivity index (χ2v) is 7.06. The summed E-state index contributed by atoms with van der Waals surface area (Å²) in [6.07, 6.45) is 2.97. The van der Waals surface area contributed by atoms with Crippen molar-refractivity contribution in [3.8, 4) is 6.07 Å². The molecule has 1 aliphatic rings. The van der Waals surface area contributed by atoms with Gasteiger partial charge in [-0.1, -0.05) is 6.07 Å². The van der Waals surface area contributed by atoms with Crippen LogP contribution >= 0.6 is 11.3 Å². The van der Waals surface area contributed by atoms with Gasteiger partial charge < -0.3 is 15.4 Å². The van der Waals surface area contributed by atoms with Gasteiger partial charge in [0.1, 0.15) is 5.54 Å². The standard InChI is InChI=1S/C17H21N3O4S/c1-12(21)19-13(14-5-4-8-25-14)9-16(23)24-10-15(22)20-17(11-18)6-2-3-7-17/h4-5,8,13H,2-3,6-7,9-10H2,1H3,(H,19,21)(H,20,22). The molecule has 1 saturated carbocycles. The minimum absolute atomic E-state index is 0.0588. The Hall–Kier alpha value is -2.40. The SMILES string of the molecule is CC(=O)NC(CC(=O)OCC(=O)NC1(C#N)CCCC1)c1cccs1. The van der Waals surface area contributed by atoms with Gasteiger partial charge in [0.25, 0.3) is 5.91 Å². The molecule has 7 nitrogen and oxygen atoms in total. The Balaban J connectivity index is 1.83. The normalized spacial score (nSPS) is 16.5. The summed E-state index contributed by atoms with van der Waals surface area (Å²) in [7, 11) is 0. The van der Waals surface area contributed by atoms with E-state index in [0.29, 0.717) is 12.8 Å². The molecule has 0 bridgehead atoms. The molecule has 2 rings (SSSR count). The van der Waals surface area contributed by atoms with E-state index in [0.717, 1.165) is 17.7 Å². The van der Waals surface area contributed by atoms with E-state index in [4.69, 9.17) is 4.74 Å². The first-order chi connectivity index (χ1) is 11.9. The Bertz CT molecular complexity index is 660. The van der Waals surface area contributed by atoms with Crippen LogP contribution in [0.4, 0.5) is 0 Å². The highest BCUT2D eigenvalue weighted by Crippen LogP contribution is 2.28. The lowest BCUT2D eigenvalue weighted by Crippen LogP contribution is -2.46. The van der Waals surface area contributed by atoms with Gasteiger partial charge in [0.15, 0.2) is 6.61 Å². The van der Waals surface area contributed by atoms with Gasteiger partial charge in [-0.3, -0.25) is 14.4 Å². The average molecular weight is 363 g/mol. The molecule has 2 amide bonds. The van der Waals surface area contributed by atoms with Crippen LogP contribution in [-0.2, 0) is 19.1 Å². The summed E-state index contributed by atoms with van der Waals surface area (Å²) in [6.45, 7) is 0.946. The molecule has 1 heterocycles. The monoisotopic (exact) mass is 363 g/mol. The van der Waals surface area contributed by atoms with E-state index in [9.17, 15) is 19.6 Å². The highest BCUT2D eigenvalue weighted by molar-refractivity contribution is 7.10. The quantitative estimate of drug-likeness (QED) is 0.718. The molecule has 0 radical (unpaired) electrons. The fraction of sp³-hybridized carbons (Fsp3) is 0.529. The van der Waals surface area contributed by atoms with Crippen LogP contribution < -0.4 is 10.6 Å². The second-order valence-electron chi connectivity index (χ2n) is 6.08. The first kappa shape index (κ1) is 18.9. The number of esters is 1. The molecule has 25 heavy (non-hydrogen) atoms. The molecule has 0 aliphatic heterocycles. The minimum atomic E-state index is -0.834. The van der Waals surface area contributed by atoms with Crippen molar-refractivity contribution >= 4 is 29.1 Å². The maximum absolute atomic E-state index is 12.0. The fourth-order valence-corrected chi connectivity index (χ4v) is 3.65. The molecule has 0 spiro atoms. The molecule has 1 aromatic rings. The molecular weight excluding hydrogens is 342 g/mol. The Morgan fingerprint density at radius 3 is 2.68 bits per heavy atom. The molecule has 1 fully saturated rings. The van der Waals surface area contributed by atoms with Crippen LogP contribution in [0, 0.1) is 11.3 Å². The Morgan fingerprint density at radius 1 is 1.40 bits per heavy atom. The zero-order chi connectivity index (χ0) is 18.3. The summed E-state index contributed by atoms with van der Waals surface area (Å²) in [5, 5.41) is 16.5. The molecule has 134 valence electrons. The first-order valence-corrected chi connectivity index (χ1v) is 9.00. The summed E-state index contributed by atoms with van der Waals surface area (Å²) >= 11 is 1.43. The van der Waals surface area contributed by atoms with Crippen molar-refractivity contribution in [1.29, 1.82) is 5.26 Å². The second kappa shape index (κ2) is 8.62. The zero-order valence-electron chi connectivity index (χ0n) is 14.0. The molecular formula is C17H21N3O4S. The van der Waals surface area contributed by atoms with Crippen molar-refractivity contribution < 1.29 is 19.1 Å². The maximum Gasteiger partial charge on any atom is 0.308 e. The Morgan fingerprint density at radius 2 is 2.12 bits per heavy atom. The van der Waals surface area contributed by atoms with Crippen LogP contribution in [0.2, 0.25) is 0 Å². The Kier molecular flexibility index (Phi) is 6.53. The van der Waals surface area contributed by atoms with Crippen molar-refractivity contribution in [2.24, 2.45) is 0 Å². The van der Waals surface area contributed by atoms with Crippen molar-refractivity contribution in [2.75, 3.05) is 6.61 Å². The predicted molar refractivity (Wildman–Crippen MR) is 91.4 cm³/mol. The summed E-state index contributed by atoms with van der Waals surface area (Å²) in [4.78, 5) is 36.1. The number of nitrogens with one attached hydrogen (secondary N) is 2. The summed E-state index contributed by atoms with van der Waals surface area (Å²) in [5.74, 6) is -1.31. The predicted octanol–water partition coefficient (Wildman–Crippen LogP) is 1.81. The number of hydrogen-bond acceptors (Lipinski definition) is 6. The van der Waals surface area contributed by atoms with Crippen molar-refractivity contribution in [3.63, 3.8) is 0 Å². The lowest BCUT2D eigenvalue weighted by atomic mass is 10.00.